The van der Waals surface area contributed by atoms with Gasteiger partial charge in [0, 0.05) is 34.4 Å². The number of nitrogens with one attached hydrogen (secondary N) is 1. The molecule has 2 fully saturated rings. The van der Waals surface area contributed by atoms with Crippen molar-refractivity contribution in [2.24, 2.45) is 5.92 Å². The van der Waals surface area contributed by atoms with E-state index in [0.29, 0.717) is 5.54 Å². The van der Waals surface area contributed by atoms with Crippen LogP contribution in [0.15, 0.2) is 24.3 Å². The molecule has 2 aliphatic rings. The molecule has 1 saturated heterocycles. The zero-order valence-corrected chi connectivity index (χ0v) is 12.4. The molecule has 1 aromatic carbocycles. The van der Waals surface area contributed by atoms with Crippen molar-refractivity contribution in [3.8, 4) is 0 Å². The van der Waals surface area contributed by atoms with Crippen molar-refractivity contribution in [1.82, 2.24) is 5.32 Å². The van der Waals surface area contributed by atoms with Crippen molar-refractivity contribution in [1.29, 1.82) is 0 Å². The van der Waals surface area contributed by atoms with Crippen molar-refractivity contribution >= 4 is 28.3 Å². The molecule has 0 radical (unpaired) electrons. The minimum Gasteiger partial charge on any atom is -0.368 e. The van der Waals surface area contributed by atoms with Gasteiger partial charge in [-0.3, -0.25) is 0 Å². The summed E-state index contributed by atoms with van der Waals surface area (Å²) in [7, 11) is 0. The highest BCUT2D eigenvalue weighted by Crippen LogP contribution is 2.41. The van der Waals surface area contributed by atoms with Crippen molar-refractivity contribution in [3.63, 3.8) is 0 Å². The number of nitrogens with zero attached hydrogens (tertiary/aromatic N) is 1. The van der Waals surface area contributed by atoms with Crippen LogP contribution in [0.25, 0.3) is 0 Å². The van der Waals surface area contributed by atoms with Gasteiger partial charge in [-0.25, -0.2) is 0 Å². The Labute approximate surface area is 117 Å². The van der Waals surface area contributed by atoms with Gasteiger partial charge in [0.15, 0.2) is 0 Å². The molecule has 1 aliphatic carbocycles. The van der Waals surface area contributed by atoms with E-state index in [1.807, 2.05) is 0 Å². The summed E-state index contributed by atoms with van der Waals surface area (Å²) in [4.78, 5) is 2.53. The molecule has 17 heavy (non-hydrogen) atoms. The highest BCUT2D eigenvalue weighted by molar-refractivity contribution is 14.1. The van der Waals surface area contributed by atoms with Crippen molar-refractivity contribution in [2.75, 3.05) is 24.5 Å². The summed E-state index contributed by atoms with van der Waals surface area (Å²) in [6.45, 7) is 5.78. The normalized spacial score (nSPS) is 29.4. The van der Waals surface area contributed by atoms with Crippen LogP contribution < -0.4 is 10.2 Å². The minimum atomic E-state index is 0.335. The second kappa shape index (κ2) is 4.43. The van der Waals surface area contributed by atoms with Crippen molar-refractivity contribution in [3.05, 3.63) is 27.8 Å². The van der Waals surface area contributed by atoms with Gasteiger partial charge in [-0.05, 0) is 72.5 Å². The third-order valence-electron chi connectivity index (χ3n) is 4.10. The molecule has 1 heterocycles. The van der Waals surface area contributed by atoms with Crippen LogP contribution in [0, 0.1) is 9.49 Å². The van der Waals surface area contributed by atoms with Crippen LogP contribution in [0.4, 0.5) is 5.69 Å². The molecule has 0 spiro atoms. The monoisotopic (exact) mass is 342 g/mol. The fraction of sp³-hybridized carbons (Fsp3) is 0.571. The van der Waals surface area contributed by atoms with E-state index in [1.165, 1.54) is 22.1 Å². The first kappa shape index (κ1) is 11.8. The number of piperazine rings is 1. The molecule has 1 atom stereocenters. The molecule has 2 nitrogen and oxygen atoms in total. The Kier molecular flexibility index (Phi) is 3.07. The Hall–Kier alpha value is -0.290. The molecule has 92 valence electrons. The topological polar surface area (TPSA) is 15.3 Å². The van der Waals surface area contributed by atoms with E-state index < -0.39 is 0 Å². The lowest BCUT2D eigenvalue weighted by molar-refractivity contribution is 0.285. The van der Waals surface area contributed by atoms with E-state index in [2.05, 4.69) is 64.0 Å². The summed E-state index contributed by atoms with van der Waals surface area (Å²) in [5, 5.41) is 3.73. The van der Waals surface area contributed by atoms with E-state index in [-0.39, 0.29) is 0 Å². The van der Waals surface area contributed by atoms with Crippen molar-refractivity contribution in [2.45, 2.75) is 25.3 Å². The fourth-order valence-electron chi connectivity index (χ4n) is 2.87. The molecular formula is C14H19IN2. The van der Waals surface area contributed by atoms with Crippen LogP contribution in [-0.4, -0.2) is 25.2 Å². The maximum atomic E-state index is 3.73. The zero-order chi connectivity index (χ0) is 11.9. The van der Waals surface area contributed by atoms with Gasteiger partial charge in [-0.2, -0.15) is 0 Å². The lowest BCUT2D eigenvalue weighted by atomic mass is 9.92. The van der Waals surface area contributed by atoms with Gasteiger partial charge in [-0.1, -0.05) is 0 Å². The predicted molar refractivity (Wildman–Crippen MR) is 80.5 cm³/mol. The Bertz CT molecular complexity index is 399. The predicted octanol–water partition coefficient (Wildman–Crippen LogP) is 2.87. The SMILES string of the molecule is CC1(C2CC2)CN(c2ccc(I)cc2)CCN1. The van der Waals surface area contributed by atoms with Gasteiger partial charge in [-0.15, -0.1) is 0 Å². The van der Waals surface area contributed by atoms with Crippen LogP contribution in [0.5, 0.6) is 0 Å². The molecule has 0 aromatic heterocycles. The fourth-order valence-corrected chi connectivity index (χ4v) is 3.23. The first-order chi connectivity index (χ1) is 8.17. The third-order valence-corrected chi connectivity index (χ3v) is 4.82. The zero-order valence-electron chi connectivity index (χ0n) is 10.2. The average Bonchev–Trinajstić information content (AvgIpc) is 3.14. The van der Waals surface area contributed by atoms with Gasteiger partial charge < -0.3 is 10.2 Å². The first-order valence-electron chi connectivity index (χ1n) is 6.43. The second-order valence-electron chi connectivity index (χ2n) is 5.52. The van der Waals surface area contributed by atoms with E-state index in [1.54, 1.807) is 0 Å². The van der Waals surface area contributed by atoms with Crippen LogP contribution in [0.1, 0.15) is 19.8 Å². The average molecular weight is 342 g/mol. The number of halogens is 1. The minimum absolute atomic E-state index is 0.335. The summed E-state index contributed by atoms with van der Waals surface area (Å²) < 4.78 is 1.31. The molecule has 1 saturated carbocycles. The number of anilines is 1. The molecule has 1 aromatic rings. The first-order valence-corrected chi connectivity index (χ1v) is 7.51. The highest BCUT2D eigenvalue weighted by Gasteiger charge is 2.43. The summed E-state index contributed by atoms with van der Waals surface area (Å²) in [6, 6.07) is 8.90. The molecule has 3 heteroatoms. The highest BCUT2D eigenvalue weighted by atomic mass is 127. The maximum Gasteiger partial charge on any atom is 0.0368 e. The summed E-state index contributed by atoms with van der Waals surface area (Å²) in [5.41, 5.74) is 1.71. The van der Waals surface area contributed by atoms with Gasteiger partial charge >= 0.3 is 0 Å². The maximum absolute atomic E-state index is 3.73. The molecule has 0 bridgehead atoms. The summed E-state index contributed by atoms with van der Waals surface area (Å²) in [6.07, 6.45) is 2.81. The van der Waals surface area contributed by atoms with Crippen LogP contribution in [0.2, 0.25) is 0 Å². The second-order valence-corrected chi connectivity index (χ2v) is 6.76. The number of benzene rings is 1. The lowest BCUT2D eigenvalue weighted by Gasteiger charge is -2.43. The largest absolute Gasteiger partial charge is 0.368 e. The summed E-state index contributed by atoms with van der Waals surface area (Å²) in [5.74, 6) is 0.897. The van der Waals surface area contributed by atoms with Gasteiger partial charge in [0.25, 0.3) is 0 Å². The number of hydrogen-bond acceptors (Lipinski definition) is 2. The molecular weight excluding hydrogens is 323 g/mol. The van der Waals surface area contributed by atoms with Gasteiger partial charge in [0.2, 0.25) is 0 Å². The molecule has 1 N–H and O–H groups in total. The molecule has 1 unspecified atom stereocenters. The van der Waals surface area contributed by atoms with Crippen LogP contribution in [0.3, 0.4) is 0 Å². The van der Waals surface area contributed by atoms with E-state index >= 15 is 0 Å². The smallest absolute Gasteiger partial charge is 0.0368 e. The van der Waals surface area contributed by atoms with Gasteiger partial charge in [0.05, 0.1) is 0 Å². The van der Waals surface area contributed by atoms with Crippen LogP contribution in [-0.2, 0) is 0 Å². The van der Waals surface area contributed by atoms with Crippen LogP contribution >= 0.6 is 22.6 Å². The Balaban J connectivity index is 1.77. The van der Waals surface area contributed by atoms with E-state index in [4.69, 9.17) is 0 Å². The third kappa shape index (κ3) is 2.45. The molecule has 0 amide bonds. The Morgan fingerprint density at radius 1 is 1.29 bits per heavy atom. The Morgan fingerprint density at radius 2 is 2.00 bits per heavy atom. The Morgan fingerprint density at radius 3 is 2.65 bits per heavy atom. The van der Waals surface area contributed by atoms with E-state index in [0.717, 1.165) is 25.6 Å². The van der Waals surface area contributed by atoms with Crippen molar-refractivity contribution < 1.29 is 0 Å². The summed E-state index contributed by atoms with van der Waals surface area (Å²) >= 11 is 2.36. The van der Waals surface area contributed by atoms with Gasteiger partial charge in [0.1, 0.15) is 0 Å². The quantitative estimate of drug-likeness (QED) is 0.832. The lowest BCUT2D eigenvalue weighted by Crippen LogP contribution is -2.60. The molecule has 3 rings (SSSR count). The standard InChI is InChI=1S/C14H19IN2/c1-14(11-2-3-11)10-17(9-8-16-14)13-6-4-12(15)5-7-13/h4-7,11,16H,2-3,8-10H2,1H3. The van der Waals surface area contributed by atoms with E-state index in [9.17, 15) is 0 Å². The number of rotatable bonds is 2. The number of hydrogen-bond donors (Lipinski definition) is 1. The molecule has 1 aliphatic heterocycles.